The van der Waals surface area contributed by atoms with Crippen LogP contribution in [0.3, 0.4) is 0 Å². The Kier molecular flexibility index (Phi) is 6.34. The molecule has 0 aliphatic rings. The quantitative estimate of drug-likeness (QED) is 0.814. The van der Waals surface area contributed by atoms with Gasteiger partial charge in [0.05, 0.1) is 5.02 Å². The first-order valence-electron chi connectivity index (χ1n) is 5.95. The molecule has 4 heteroatoms. The van der Waals surface area contributed by atoms with Gasteiger partial charge in [-0.05, 0) is 25.2 Å². The molecule has 3 nitrogen and oxygen atoms in total. The molecule has 1 rings (SSSR count). The van der Waals surface area contributed by atoms with Crippen LogP contribution in [0.15, 0.2) is 24.3 Å². The summed E-state index contributed by atoms with van der Waals surface area (Å²) < 4.78 is 5.48. The number of nitrogens with zero attached hydrogens (tertiary/aromatic N) is 1. The minimum atomic E-state index is -0.494. The van der Waals surface area contributed by atoms with E-state index in [4.69, 9.17) is 16.3 Å². The number of hydrogen-bond acceptors (Lipinski definition) is 3. The third-order valence-corrected chi connectivity index (χ3v) is 2.94. The van der Waals surface area contributed by atoms with Gasteiger partial charge >= 0.3 is 0 Å². The minimum absolute atomic E-state index is 0.264. The Morgan fingerprint density at radius 2 is 1.94 bits per heavy atom. The normalized spacial score (nSPS) is 12.8. The molecule has 96 valence electrons. The second-order valence-electron chi connectivity index (χ2n) is 3.88. The van der Waals surface area contributed by atoms with Crippen molar-refractivity contribution in [2.75, 3.05) is 26.2 Å². The maximum atomic E-state index is 9.82. The number of rotatable bonds is 7. The molecule has 0 fully saturated rings. The third kappa shape index (κ3) is 4.94. The number of ether oxygens (including phenoxy) is 1. The lowest BCUT2D eigenvalue weighted by molar-refractivity contribution is 0.0717. The number of likely N-dealkylation sites (N-methyl/N-ethyl adjacent to an activating group) is 1. The summed E-state index contributed by atoms with van der Waals surface area (Å²) in [5, 5.41) is 10.4. The summed E-state index contributed by atoms with van der Waals surface area (Å²) in [5.74, 6) is 0.618. The molecule has 0 heterocycles. The molecule has 0 aromatic heterocycles. The van der Waals surface area contributed by atoms with E-state index in [2.05, 4.69) is 18.7 Å². The Morgan fingerprint density at radius 3 is 2.53 bits per heavy atom. The molecule has 0 amide bonds. The van der Waals surface area contributed by atoms with Crippen molar-refractivity contribution in [2.24, 2.45) is 0 Å². The highest BCUT2D eigenvalue weighted by molar-refractivity contribution is 6.32. The number of benzene rings is 1. The van der Waals surface area contributed by atoms with E-state index < -0.39 is 6.10 Å². The Bertz CT molecular complexity index is 329. The largest absolute Gasteiger partial charge is 0.489 e. The lowest BCUT2D eigenvalue weighted by Gasteiger charge is -2.22. The van der Waals surface area contributed by atoms with Gasteiger partial charge < -0.3 is 14.7 Å². The number of halogens is 1. The number of hydrogen-bond donors (Lipinski definition) is 1. The van der Waals surface area contributed by atoms with Crippen molar-refractivity contribution < 1.29 is 9.84 Å². The lowest BCUT2D eigenvalue weighted by Crippen LogP contribution is -2.35. The van der Waals surface area contributed by atoms with E-state index in [-0.39, 0.29) is 6.61 Å². The number of para-hydroxylation sites is 1. The summed E-state index contributed by atoms with van der Waals surface area (Å²) in [7, 11) is 0. The van der Waals surface area contributed by atoms with Crippen molar-refractivity contribution in [1.82, 2.24) is 4.90 Å². The van der Waals surface area contributed by atoms with Gasteiger partial charge in [-0.25, -0.2) is 0 Å². The average molecular weight is 258 g/mol. The van der Waals surface area contributed by atoms with Crippen LogP contribution in [0.25, 0.3) is 0 Å². The van der Waals surface area contributed by atoms with Crippen LogP contribution in [0.1, 0.15) is 13.8 Å². The molecule has 0 aliphatic heterocycles. The Hall–Kier alpha value is -0.770. The zero-order chi connectivity index (χ0) is 12.7. The van der Waals surface area contributed by atoms with Crippen LogP contribution in [0.5, 0.6) is 5.75 Å². The minimum Gasteiger partial charge on any atom is -0.489 e. The predicted molar refractivity (Wildman–Crippen MR) is 70.7 cm³/mol. The summed E-state index contributed by atoms with van der Waals surface area (Å²) in [4.78, 5) is 2.15. The second kappa shape index (κ2) is 7.54. The number of aliphatic hydroxyl groups excluding tert-OH is 1. The molecule has 0 radical (unpaired) electrons. The van der Waals surface area contributed by atoms with E-state index in [9.17, 15) is 5.11 Å². The first kappa shape index (κ1) is 14.3. The van der Waals surface area contributed by atoms with E-state index in [1.165, 1.54) is 0 Å². The van der Waals surface area contributed by atoms with Gasteiger partial charge in [0, 0.05) is 6.54 Å². The maximum absolute atomic E-state index is 9.82. The topological polar surface area (TPSA) is 32.7 Å². The molecule has 0 bridgehead atoms. The SMILES string of the molecule is CCN(CC)CC(O)COc1ccccc1Cl. The van der Waals surface area contributed by atoms with Gasteiger partial charge in [0.2, 0.25) is 0 Å². The fraction of sp³-hybridized carbons (Fsp3) is 0.538. The zero-order valence-corrected chi connectivity index (χ0v) is 11.2. The Morgan fingerprint density at radius 1 is 1.29 bits per heavy atom. The summed E-state index contributed by atoms with van der Waals surface area (Å²) in [6.45, 7) is 6.90. The predicted octanol–water partition coefficient (Wildman–Crippen LogP) is 2.42. The highest BCUT2D eigenvalue weighted by Crippen LogP contribution is 2.23. The van der Waals surface area contributed by atoms with Crippen molar-refractivity contribution in [3.63, 3.8) is 0 Å². The molecule has 0 saturated heterocycles. The van der Waals surface area contributed by atoms with Gasteiger partial charge in [-0.2, -0.15) is 0 Å². The van der Waals surface area contributed by atoms with Crippen molar-refractivity contribution >= 4 is 11.6 Å². The van der Waals surface area contributed by atoms with Gasteiger partial charge in [-0.1, -0.05) is 37.6 Å². The molecular weight excluding hydrogens is 238 g/mol. The highest BCUT2D eigenvalue weighted by atomic mass is 35.5. The lowest BCUT2D eigenvalue weighted by atomic mass is 10.3. The van der Waals surface area contributed by atoms with E-state index in [0.29, 0.717) is 17.3 Å². The van der Waals surface area contributed by atoms with Gasteiger partial charge in [0.25, 0.3) is 0 Å². The molecule has 1 aromatic rings. The smallest absolute Gasteiger partial charge is 0.138 e. The van der Waals surface area contributed by atoms with Crippen molar-refractivity contribution in [3.05, 3.63) is 29.3 Å². The molecule has 1 N–H and O–H groups in total. The van der Waals surface area contributed by atoms with E-state index >= 15 is 0 Å². The van der Waals surface area contributed by atoms with E-state index in [0.717, 1.165) is 13.1 Å². The molecule has 0 saturated carbocycles. The fourth-order valence-electron chi connectivity index (χ4n) is 1.58. The van der Waals surface area contributed by atoms with Crippen molar-refractivity contribution in [3.8, 4) is 5.75 Å². The summed E-state index contributed by atoms with van der Waals surface area (Å²) in [6, 6.07) is 7.28. The average Bonchev–Trinajstić information content (AvgIpc) is 2.35. The van der Waals surface area contributed by atoms with Crippen LogP contribution in [0.2, 0.25) is 5.02 Å². The van der Waals surface area contributed by atoms with E-state index in [1.807, 2.05) is 12.1 Å². The van der Waals surface area contributed by atoms with Crippen molar-refractivity contribution in [1.29, 1.82) is 0 Å². The van der Waals surface area contributed by atoms with Crippen LogP contribution < -0.4 is 4.74 Å². The van der Waals surface area contributed by atoms with Gasteiger partial charge in [0.1, 0.15) is 18.5 Å². The molecule has 0 spiro atoms. The summed E-state index contributed by atoms with van der Waals surface area (Å²) in [6.07, 6.45) is -0.494. The molecular formula is C13H20ClNO2. The van der Waals surface area contributed by atoms with Crippen LogP contribution in [0, 0.1) is 0 Å². The van der Waals surface area contributed by atoms with Gasteiger partial charge in [-0.3, -0.25) is 0 Å². The first-order valence-corrected chi connectivity index (χ1v) is 6.32. The molecule has 1 aromatic carbocycles. The zero-order valence-electron chi connectivity index (χ0n) is 10.4. The monoisotopic (exact) mass is 257 g/mol. The fourth-order valence-corrected chi connectivity index (χ4v) is 1.77. The summed E-state index contributed by atoms with van der Waals surface area (Å²) in [5.41, 5.74) is 0. The molecule has 17 heavy (non-hydrogen) atoms. The summed E-state index contributed by atoms with van der Waals surface area (Å²) >= 11 is 5.95. The van der Waals surface area contributed by atoms with Gasteiger partial charge in [-0.15, -0.1) is 0 Å². The van der Waals surface area contributed by atoms with Crippen LogP contribution in [-0.2, 0) is 0 Å². The number of aliphatic hydroxyl groups is 1. The van der Waals surface area contributed by atoms with Gasteiger partial charge in [0.15, 0.2) is 0 Å². The van der Waals surface area contributed by atoms with Crippen LogP contribution in [-0.4, -0.2) is 42.4 Å². The third-order valence-electron chi connectivity index (χ3n) is 2.63. The molecule has 1 unspecified atom stereocenters. The standard InChI is InChI=1S/C13H20ClNO2/c1-3-15(4-2)9-11(16)10-17-13-8-6-5-7-12(13)14/h5-8,11,16H,3-4,9-10H2,1-2H3. The molecule has 1 atom stereocenters. The highest BCUT2D eigenvalue weighted by Gasteiger charge is 2.10. The van der Waals surface area contributed by atoms with Crippen molar-refractivity contribution in [2.45, 2.75) is 20.0 Å². The molecule has 0 aliphatic carbocycles. The first-order chi connectivity index (χ1) is 8.17. The Balaban J connectivity index is 2.38. The van der Waals surface area contributed by atoms with Crippen LogP contribution in [0.4, 0.5) is 0 Å². The van der Waals surface area contributed by atoms with Crippen LogP contribution >= 0.6 is 11.6 Å². The van der Waals surface area contributed by atoms with E-state index in [1.54, 1.807) is 12.1 Å². The second-order valence-corrected chi connectivity index (χ2v) is 4.29. The Labute approximate surface area is 108 Å². The maximum Gasteiger partial charge on any atom is 0.138 e.